The lowest BCUT2D eigenvalue weighted by molar-refractivity contribution is 0.167. The van der Waals surface area contributed by atoms with Crippen LogP contribution in [0, 0.1) is 13.8 Å². The molecule has 0 saturated heterocycles. The van der Waals surface area contributed by atoms with Crippen LogP contribution in [0.25, 0.3) is 5.69 Å². The predicted molar refractivity (Wildman–Crippen MR) is 93.5 cm³/mol. The van der Waals surface area contributed by atoms with Crippen LogP contribution in [0.4, 0.5) is 10.6 Å². The van der Waals surface area contributed by atoms with Crippen molar-refractivity contribution in [2.24, 2.45) is 0 Å². The van der Waals surface area contributed by atoms with E-state index in [-0.39, 0.29) is 12.6 Å². The average Bonchev–Trinajstić information content (AvgIpc) is 3.15. The molecule has 0 spiro atoms. The molecule has 1 aromatic heterocycles. The minimum atomic E-state index is -0.487. The highest BCUT2D eigenvalue weighted by Gasteiger charge is 2.34. The molecule has 1 aliphatic rings. The summed E-state index contributed by atoms with van der Waals surface area (Å²) in [5, 5.41) is 19.7. The highest BCUT2D eigenvalue weighted by atomic mass is 16.3. The predicted octanol–water partition coefficient (Wildman–Crippen LogP) is 2.92. The summed E-state index contributed by atoms with van der Waals surface area (Å²) < 4.78 is 1.80. The van der Waals surface area contributed by atoms with E-state index < -0.39 is 5.54 Å². The third-order valence-corrected chi connectivity index (χ3v) is 4.65. The summed E-state index contributed by atoms with van der Waals surface area (Å²) in [5.74, 6) is 0.497. The standard InChI is InChI=1S/C18H24N4O2/c1-13-5-7-15(8-6-13)22-14(2)11-16(21-22)19-17(24)20-18(12-23)9-3-4-10-18/h5-8,11,23H,3-4,9-10,12H2,1-2H3,(H2,19,20,21,24). The number of nitrogens with zero attached hydrogens (tertiary/aromatic N) is 2. The summed E-state index contributed by atoms with van der Waals surface area (Å²) in [5.41, 5.74) is 2.59. The number of hydrogen-bond acceptors (Lipinski definition) is 3. The first-order valence-corrected chi connectivity index (χ1v) is 8.35. The second kappa shape index (κ2) is 6.65. The third kappa shape index (κ3) is 3.43. The Morgan fingerprint density at radius 2 is 1.92 bits per heavy atom. The van der Waals surface area contributed by atoms with E-state index in [1.165, 1.54) is 5.56 Å². The number of aliphatic hydroxyl groups is 1. The molecule has 1 fully saturated rings. The van der Waals surface area contributed by atoms with Gasteiger partial charge in [-0.15, -0.1) is 5.10 Å². The number of aryl methyl sites for hydroxylation is 2. The van der Waals surface area contributed by atoms with E-state index in [2.05, 4.69) is 15.7 Å². The van der Waals surface area contributed by atoms with Crippen LogP contribution >= 0.6 is 0 Å². The van der Waals surface area contributed by atoms with Gasteiger partial charge < -0.3 is 10.4 Å². The van der Waals surface area contributed by atoms with Crippen molar-refractivity contribution in [1.29, 1.82) is 0 Å². The lowest BCUT2D eigenvalue weighted by atomic mass is 9.99. The van der Waals surface area contributed by atoms with Gasteiger partial charge >= 0.3 is 6.03 Å². The maximum atomic E-state index is 12.3. The highest BCUT2D eigenvalue weighted by Crippen LogP contribution is 2.29. The third-order valence-electron chi connectivity index (χ3n) is 4.65. The summed E-state index contributed by atoms with van der Waals surface area (Å²) in [6.45, 7) is 3.95. The van der Waals surface area contributed by atoms with Crippen molar-refractivity contribution in [2.75, 3.05) is 11.9 Å². The minimum Gasteiger partial charge on any atom is -0.394 e. The van der Waals surface area contributed by atoms with Gasteiger partial charge in [0.2, 0.25) is 0 Å². The molecule has 24 heavy (non-hydrogen) atoms. The number of aromatic nitrogens is 2. The number of aliphatic hydroxyl groups excluding tert-OH is 1. The van der Waals surface area contributed by atoms with Crippen LogP contribution in [-0.4, -0.2) is 33.1 Å². The molecule has 3 N–H and O–H groups in total. The lowest BCUT2D eigenvalue weighted by Crippen LogP contribution is -2.50. The zero-order valence-electron chi connectivity index (χ0n) is 14.2. The number of carbonyl (C=O) groups is 1. The number of urea groups is 1. The van der Waals surface area contributed by atoms with Gasteiger partial charge in [-0.25, -0.2) is 9.48 Å². The summed E-state index contributed by atoms with van der Waals surface area (Å²) >= 11 is 0. The molecule has 0 atom stereocenters. The molecule has 6 nitrogen and oxygen atoms in total. The van der Waals surface area contributed by atoms with Crippen LogP contribution in [-0.2, 0) is 0 Å². The second-order valence-corrected chi connectivity index (χ2v) is 6.64. The average molecular weight is 328 g/mol. The van der Waals surface area contributed by atoms with Crippen LogP contribution in [0.1, 0.15) is 36.9 Å². The number of amides is 2. The molecule has 1 aromatic carbocycles. The zero-order chi connectivity index (χ0) is 17.2. The molecule has 2 aromatic rings. The Morgan fingerprint density at radius 3 is 2.54 bits per heavy atom. The Balaban J connectivity index is 1.71. The number of hydrogen-bond donors (Lipinski definition) is 3. The van der Waals surface area contributed by atoms with Gasteiger partial charge in [0.15, 0.2) is 5.82 Å². The normalized spacial score (nSPS) is 16.1. The highest BCUT2D eigenvalue weighted by molar-refractivity contribution is 5.88. The minimum absolute atomic E-state index is 0.0305. The molecule has 1 aliphatic carbocycles. The first-order valence-electron chi connectivity index (χ1n) is 8.35. The van der Waals surface area contributed by atoms with Gasteiger partial charge in [0.1, 0.15) is 0 Å². The van der Waals surface area contributed by atoms with Gasteiger partial charge in [0.05, 0.1) is 17.8 Å². The van der Waals surface area contributed by atoms with Crippen molar-refractivity contribution < 1.29 is 9.90 Å². The van der Waals surface area contributed by atoms with Gasteiger partial charge in [0.25, 0.3) is 0 Å². The fourth-order valence-corrected chi connectivity index (χ4v) is 3.25. The zero-order valence-corrected chi connectivity index (χ0v) is 14.2. The largest absolute Gasteiger partial charge is 0.394 e. The summed E-state index contributed by atoms with van der Waals surface area (Å²) in [6, 6.07) is 9.57. The van der Waals surface area contributed by atoms with Gasteiger partial charge in [-0.3, -0.25) is 5.32 Å². The van der Waals surface area contributed by atoms with Crippen LogP contribution < -0.4 is 10.6 Å². The van der Waals surface area contributed by atoms with Crippen LogP contribution in [0.3, 0.4) is 0 Å². The number of benzene rings is 1. The summed E-state index contributed by atoms with van der Waals surface area (Å²) in [6.07, 6.45) is 3.69. The Morgan fingerprint density at radius 1 is 1.25 bits per heavy atom. The van der Waals surface area contributed by atoms with Crippen molar-refractivity contribution >= 4 is 11.8 Å². The summed E-state index contributed by atoms with van der Waals surface area (Å²) in [4.78, 5) is 12.3. The van der Waals surface area contributed by atoms with Gasteiger partial charge in [-0.05, 0) is 38.8 Å². The van der Waals surface area contributed by atoms with E-state index in [1.807, 2.05) is 44.2 Å². The molecule has 3 rings (SSSR count). The molecule has 0 unspecified atom stereocenters. The maximum absolute atomic E-state index is 12.3. The Bertz CT molecular complexity index is 715. The molecule has 128 valence electrons. The Labute approximate surface area is 141 Å². The topological polar surface area (TPSA) is 79.2 Å². The smallest absolute Gasteiger partial charge is 0.320 e. The van der Waals surface area contributed by atoms with Gasteiger partial charge in [-0.2, -0.15) is 0 Å². The fourth-order valence-electron chi connectivity index (χ4n) is 3.25. The molecular formula is C18H24N4O2. The second-order valence-electron chi connectivity index (χ2n) is 6.64. The first-order chi connectivity index (χ1) is 11.5. The Hall–Kier alpha value is -2.34. The number of anilines is 1. The van der Waals surface area contributed by atoms with Crippen LogP contribution in [0.5, 0.6) is 0 Å². The molecular weight excluding hydrogens is 304 g/mol. The lowest BCUT2D eigenvalue weighted by Gasteiger charge is -2.27. The van der Waals surface area contributed by atoms with Crippen molar-refractivity contribution in [3.05, 3.63) is 41.6 Å². The quantitative estimate of drug-likeness (QED) is 0.807. The molecule has 1 heterocycles. The molecule has 1 saturated carbocycles. The van der Waals surface area contributed by atoms with E-state index in [9.17, 15) is 9.90 Å². The van der Waals surface area contributed by atoms with E-state index >= 15 is 0 Å². The monoisotopic (exact) mass is 328 g/mol. The van der Waals surface area contributed by atoms with E-state index in [1.54, 1.807) is 4.68 Å². The van der Waals surface area contributed by atoms with Crippen molar-refractivity contribution in [1.82, 2.24) is 15.1 Å². The molecule has 2 amide bonds. The van der Waals surface area contributed by atoms with E-state index in [0.717, 1.165) is 37.1 Å². The first kappa shape index (κ1) is 16.5. The van der Waals surface area contributed by atoms with Crippen molar-refractivity contribution in [3.63, 3.8) is 0 Å². The molecule has 0 aliphatic heterocycles. The van der Waals surface area contributed by atoms with Crippen LogP contribution in [0.2, 0.25) is 0 Å². The van der Waals surface area contributed by atoms with Gasteiger partial charge in [0, 0.05) is 11.8 Å². The Kier molecular flexibility index (Phi) is 4.57. The van der Waals surface area contributed by atoms with Crippen LogP contribution in [0.15, 0.2) is 30.3 Å². The SMILES string of the molecule is Cc1ccc(-n2nc(NC(=O)NC3(CO)CCCC3)cc2C)cc1. The summed E-state index contributed by atoms with van der Waals surface area (Å²) in [7, 11) is 0. The number of carbonyl (C=O) groups excluding carboxylic acids is 1. The molecule has 6 heteroatoms. The van der Waals surface area contributed by atoms with E-state index in [4.69, 9.17) is 0 Å². The maximum Gasteiger partial charge on any atom is 0.320 e. The van der Waals surface area contributed by atoms with Crippen molar-refractivity contribution in [3.8, 4) is 5.69 Å². The number of nitrogens with one attached hydrogen (secondary N) is 2. The van der Waals surface area contributed by atoms with E-state index in [0.29, 0.717) is 5.82 Å². The fraction of sp³-hybridized carbons (Fsp3) is 0.444. The van der Waals surface area contributed by atoms with Gasteiger partial charge in [-0.1, -0.05) is 30.5 Å². The molecule has 0 bridgehead atoms. The molecule has 0 radical (unpaired) electrons. The number of rotatable bonds is 4. The van der Waals surface area contributed by atoms with Crippen molar-refractivity contribution in [2.45, 2.75) is 45.1 Å².